The first-order valence-corrected chi connectivity index (χ1v) is 8.68. The van der Waals surface area contributed by atoms with Gasteiger partial charge in [0.15, 0.2) is 11.6 Å². The van der Waals surface area contributed by atoms with E-state index in [1.54, 1.807) is 24.3 Å². The first-order chi connectivity index (χ1) is 13.6. The average Bonchev–Trinajstić information content (AvgIpc) is 3.16. The number of hydrogen-bond donors (Lipinski definition) is 3. The Labute approximate surface area is 172 Å². The summed E-state index contributed by atoms with van der Waals surface area (Å²) in [6, 6.07) is 8.25. The molecular formula is C18H11Cl2F3N4O2. The van der Waals surface area contributed by atoms with Gasteiger partial charge in [-0.25, -0.2) is 4.98 Å². The van der Waals surface area contributed by atoms with Crippen LogP contribution in [0, 0.1) is 0 Å². The van der Waals surface area contributed by atoms with E-state index in [0.717, 1.165) is 0 Å². The second kappa shape index (κ2) is 8.14. The highest BCUT2D eigenvalue weighted by molar-refractivity contribution is 6.33. The van der Waals surface area contributed by atoms with Crippen molar-refractivity contribution in [2.24, 2.45) is 0 Å². The van der Waals surface area contributed by atoms with Gasteiger partial charge < -0.3 is 4.98 Å². The van der Waals surface area contributed by atoms with E-state index in [4.69, 9.17) is 23.2 Å². The predicted octanol–water partition coefficient (Wildman–Crippen LogP) is 4.72. The molecule has 150 valence electrons. The highest BCUT2D eigenvalue weighted by Crippen LogP contribution is 2.32. The molecule has 11 heteroatoms. The molecule has 2 aromatic heterocycles. The Balaban J connectivity index is 1.66. The van der Waals surface area contributed by atoms with Gasteiger partial charge in [0.2, 0.25) is 0 Å². The van der Waals surface area contributed by atoms with Crippen molar-refractivity contribution in [3.63, 3.8) is 0 Å². The number of benzene rings is 1. The summed E-state index contributed by atoms with van der Waals surface area (Å²) < 4.78 is 37.9. The lowest BCUT2D eigenvalue weighted by molar-refractivity contribution is -0.137. The summed E-state index contributed by atoms with van der Waals surface area (Å²) >= 11 is 11.5. The standard InChI is InChI=1S/C18H11Cl2F3N4O2/c19-12-3-1-9(2-4-12)15(28)10-5-14(24-7-10)17(29)27-26-16-13(20)6-11(8-25-16)18(21,22)23/h1-8,24H,(H,25,26)(H,27,29). The van der Waals surface area contributed by atoms with Gasteiger partial charge in [0, 0.05) is 28.5 Å². The summed E-state index contributed by atoms with van der Waals surface area (Å²) in [5.41, 5.74) is 4.22. The van der Waals surface area contributed by atoms with Gasteiger partial charge in [-0.05, 0) is 36.4 Å². The maximum Gasteiger partial charge on any atom is 0.417 e. The van der Waals surface area contributed by atoms with E-state index < -0.39 is 17.6 Å². The summed E-state index contributed by atoms with van der Waals surface area (Å²) in [7, 11) is 0. The maximum absolute atomic E-state index is 12.6. The van der Waals surface area contributed by atoms with Gasteiger partial charge in [0.1, 0.15) is 5.69 Å². The van der Waals surface area contributed by atoms with E-state index in [9.17, 15) is 22.8 Å². The predicted molar refractivity (Wildman–Crippen MR) is 101 cm³/mol. The monoisotopic (exact) mass is 442 g/mol. The molecule has 0 atom stereocenters. The van der Waals surface area contributed by atoms with E-state index in [2.05, 4.69) is 20.8 Å². The number of anilines is 1. The zero-order valence-corrected chi connectivity index (χ0v) is 15.8. The summed E-state index contributed by atoms with van der Waals surface area (Å²) in [5.74, 6) is -1.17. The van der Waals surface area contributed by atoms with Crippen LogP contribution in [0.4, 0.5) is 19.0 Å². The largest absolute Gasteiger partial charge is 0.417 e. The number of amides is 1. The van der Waals surface area contributed by atoms with Crippen LogP contribution in [0.25, 0.3) is 0 Å². The van der Waals surface area contributed by atoms with Crippen LogP contribution in [0.3, 0.4) is 0 Å². The van der Waals surface area contributed by atoms with Crippen LogP contribution in [0.2, 0.25) is 10.0 Å². The number of ketones is 1. The van der Waals surface area contributed by atoms with Crippen molar-refractivity contribution in [2.75, 3.05) is 5.43 Å². The summed E-state index contributed by atoms with van der Waals surface area (Å²) in [6.45, 7) is 0. The topological polar surface area (TPSA) is 86.9 Å². The van der Waals surface area contributed by atoms with E-state index in [1.165, 1.54) is 12.3 Å². The van der Waals surface area contributed by atoms with Gasteiger partial charge in [-0.1, -0.05) is 23.2 Å². The lowest BCUT2D eigenvalue weighted by atomic mass is 10.1. The number of pyridine rings is 1. The second-order valence-corrected chi connectivity index (χ2v) is 6.61. The molecule has 0 saturated heterocycles. The van der Waals surface area contributed by atoms with Crippen LogP contribution in [-0.4, -0.2) is 21.7 Å². The molecule has 6 nitrogen and oxygen atoms in total. The normalized spacial score (nSPS) is 11.2. The molecule has 0 spiro atoms. The van der Waals surface area contributed by atoms with Crippen molar-refractivity contribution >= 4 is 40.7 Å². The number of nitrogens with one attached hydrogen (secondary N) is 3. The van der Waals surface area contributed by atoms with Crippen molar-refractivity contribution < 1.29 is 22.8 Å². The molecule has 1 amide bonds. The number of hydrazine groups is 1. The lowest BCUT2D eigenvalue weighted by Gasteiger charge is -2.11. The van der Waals surface area contributed by atoms with Crippen molar-refractivity contribution in [1.82, 2.24) is 15.4 Å². The van der Waals surface area contributed by atoms with Gasteiger partial charge >= 0.3 is 6.18 Å². The molecule has 29 heavy (non-hydrogen) atoms. The molecule has 0 unspecified atom stereocenters. The zero-order chi connectivity index (χ0) is 21.2. The summed E-state index contributed by atoms with van der Waals surface area (Å²) in [5, 5.41) is 0.155. The smallest absolute Gasteiger partial charge is 0.356 e. The SMILES string of the molecule is O=C(c1ccc(Cl)cc1)c1c[nH]c(C(=O)NNc2ncc(C(F)(F)F)cc2Cl)c1. The van der Waals surface area contributed by atoms with Crippen molar-refractivity contribution in [2.45, 2.75) is 6.18 Å². The number of halogens is 5. The molecule has 0 fully saturated rings. The molecule has 2 heterocycles. The molecule has 3 rings (SSSR count). The number of alkyl halides is 3. The average molecular weight is 443 g/mol. The molecule has 0 radical (unpaired) electrons. The molecule has 0 aliphatic heterocycles. The number of H-pyrrole nitrogens is 1. The molecule has 1 aromatic carbocycles. The van der Waals surface area contributed by atoms with E-state index >= 15 is 0 Å². The van der Waals surface area contributed by atoms with Crippen LogP contribution in [-0.2, 0) is 6.18 Å². The third-order valence-electron chi connectivity index (χ3n) is 3.76. The number of aromatic amines is 1. The van der Waals surface area contributed by atoms with Gasteiger partial charge in [-0.15, -0.1) is 0 Å². The van der Waals surface area contributed by atoms with Gasteiger partial charge in [0.05, 0.1) is 10.6 Å². The molecule has 0 saturated carbocycles. The van der Waals surface area contributed by atoms with Crippen molar-refractivity contribution in [3.05, 3.63) is 81.2 Å². The minimum absolute atomic E-state index is 0.0397. The molecule has 3 aromatic rings. The maximum atomic E-state index is 12.6. The van der Waals surface area contributed by atoms with Crippen LogP contribution < -0.4 is 10.9 Å². The van der Waals surface area contributed by atoms with Crippen LogP contribution in [0.1, 0.15) is 32.0 Å². The minimum atomic E-state index is -4.59. The van der Waals surface area contributed by atoms with Gasteiger partial charge in [0.25, 0.3) is 5.91 Å². The second-order valence-electron chi connectivity index (χ2n) is 5.77. The highest BCUT2D eigenvalue weighted by Gasteiger charge is 2.31. The Bertz CT molecular complexity index is 1070. The molecular weight excluding hydrogens is 432 g/mol. The molecule has 3 N–H and O–H groups in total. The van der Waals surface area contributed by atoms with E-state index in [1.807, 2.05) is 0 Å². The van der Waals surface area contributed by atoms with Gasteiger partial charge in [-0.3, -0.25) is 20.4 Å². The fourth-order valence-corrected chi connectivity index (χ4v) is 2.63. The van der Waals surface area contributed by atoms with Crippen LogP contribution >= 0.6 is 23.2 Å². The Kier molecular flexibility index (Phi) is 5.81. The van der Waals surface area contributed by atoms with Crippen molar-refractivity contribution in [1.29, 1.82) is 0 Å². The third-order valence-corrected chi connectivity index (χ3v) is 4.30. The Hall–Kier alpha value is -3.04. The lowest BCUT2D eigenvalue weighted by Crippen LogP contribution is -2.30. The van der Waals surface area contributed by atoms with Crippen LogP contribution in [0.15, 0.2) is 48.8 Å². The van der Waals surface area contributed by atoms with E-state index in [0.29, 0.717) is 22.8 Å². The summed E-state index contributed by atoms with van der Waals surface area (Å²) in [6.07, 6.45) is -2.65. The number of nitrogens with zero attached hydrogens (tertiary/aromatic N) is 1. The number of carbonyl (C=O) groups is 2. The highest BCUT2D eigenvalue weighted by atomic mass is 35.5. The quantitative estimate of drug-likeness (QED) is 0.394. The summed E-state index contributed by atoms with van der Waals surface area (Å²) in [4.78, 5) is 30.8. The number of aromatic nitrogens is 2. The van der Waals surface area contributed by atoms with Crippen LogP contribution in [0.5, 0.6) is 0 Å². The Morgan fingerprint density at radius 1 is 1.03 bits per heavy atom. The number of carbonyl (C=O) groups excluding carboxylic acids is 2. The third kappa shape index (κ3) is 4.87. The Morgan fingerprint density at radius 2 is 1.72 bits per heavy atom. The molecule has 0 aliphatic carbocycles. The fourth-order valence-electron chi connectivity index (χ4n) is 2.29. The Morgan fingerprint density at radius 3 is 2.34 bits per heavy atom. The number of rotatable bonds is 5. The van der Waals surface area contributed by atoms with Gasteiger partial charge in [-0.2, -0.15) is 13.2 Å². The zero-order valence-electron chi connectivity index (χ0n) is 14.3. The minimum Gasteiger partial charge on any atom is -0.356 e. The van der Waals surface area contributed by atoms with E-state index in [-0.39, 0.29) is 27.9 Å². The number of hydrogen-bond acceptors (Lipinski definition) is 4. The molecule has 0 aliphatic rings. The molecule has 0 bridgehead atoms. The fraction of sp³-hybridized carbons (Fsp3) is 0.0556. The first-order valence-electron chi connectivity index (χ1n) is 7.93. The van der Waals surface area contributed by atoms with Crippen molar-refractivity contribution in [3.8, 4) is 0 Å². The first kappa shape index (κ1) is 20.7.